The summed E-state index contributed by atoms with van der Waals surface area (Å²) in [5, 5.41) is 0. The van der Waals surface area contributed by atoms with E-state index in [1.165, 1.54) is 0 Å². The van der Waals surface area contributed by atoms with Gasteiger partial charge < -0.3 is 0 Å². The van der Waals surface area contributed by atoms with E-state index in [0.717, 1.165) is 35.6 Å². The summed E-state index contributed by atoms with van der Waals surface area (Å²) in [7, 11) is -4.20. The molecule has 1 N–H and O–H groups in total. The molecule has 3 nitrogen and oxygen atoms in total. The fraction of sp³-hybridized carbons (Fsp3) is 0. The minimum absolute atomic E-state index is 0.0887. The van der Waals surface area contributed by atoms with E-state index in [4.69, 9.17) is 23.2 Å². The number of para-hydroxylation sites is 1. The molecule has 0 aliphatic heterocycles. The first kappa shape index (κ1) is 14.5. The molecule has 0 bridgehead atoms. The monoisotopic (exact) mass is 343 g/mol. The van der Waals surface area contributed by atoms with Crippen molar-refractivity contribution >= 4 is 50.2 Å². The van der Waals surface area contributed by atoms with Crippen molar-refractivity contribution in [1.29, 1.82) is 0 Å². The molecule has 2 aromatic rings. The minimum Gasteiger partial charge on any atom is -0.274 e. The number of sulfonamides is 1. The molecule has 0 amide bonds. The summed E-state index contributed by atoms with van der Waals surface area (Å²) in [6, 6.07) is 4.10. The molecule has 0 radical (unpaired) electrons. The predicted molar refractivity (Wildman–Crippen MR) is 71.5 cm³/mol. The van der Waals surface area contributed by atoms with Gasteiger partial charge in [0.1, 0.15) is 26.6 Å². The third kappa shape index (κ3) is 3.00. The van der Waals surface area contributed by atoms with Crippen LogP contribution in [0.5, 0.6) is 0 Å². The van der Waals surface area contributed by atoms with E-state index >= 15 is 0 Å². The van der Waals surface area contributed by atoms with E-state index in [-0.39, 0.29) is 13.6 Å². The maximum atomic E-state index is 13.4. The number of nitrogens with one attached hydrogen (secondary N) is 1. The van der Waals surface area contributed by atoms with Crippen molar-refractivity contribution in [2.45, 2.75) is 4.90 Å². The Balaban J connectivity index is 2.45. The first-order chi connectivity index (χ1) is 8.81. The van der Waals surface area contributed by atoms with Crippen LogP contribution in [0.15, 0.2) is 29.2 Å². The van der Waals surface area contributed by atoms with Crippen LogP contribution in [-0.2, 0) is 10.0 Å². The van der Waals surface area contributed by atoms with Crippen LogP contribution in [0.3, 0.4) is 0 Å². The largest absolute Gasteiger partial charge is 0.274 e. The normalized spacial score (nSPS) is 11.6. The van der Waals surface area contributed by atoms with E-state index < -0.39 is 27.3 Å². The molecule has 0 unspecified atom stereocenters. The van der Waals surface area contributed by atoms with Gasteiger partial charge in [-0.05, 0) is 18.2 Å². The summed E-state index contributed by atoms with van der Waals surface area (Å²) in [6.45, 7) is 0. The average Bonchev–Trinajstić information content (AvgIpc) is 2.64. The number of anilines is 1. The van der Waals surface area contributed by atoms with Gasteiger partial charge >= 0.3 is 0 Å². The zero-order valence-electron chi connectivity index (χ0n) is 8.95. The van der Waals surface area contributed by atoms with Crippen molar-refractivity contribution in [1.82, 2.24) is 0 Å². The van der Waals surface area contributed by atoms with Crippen molar-refractivity contribution in [2.75, 3.05) is 4.72 Å². The molecule has 0 fully saturated rings. The average molecular weight is 344 g/mol. The summed E-state index contributed by atoms with van der Waals surface area (Å²) in [5.41, 5.74) is -0.763. The highest BCUT2D eigenvalue weighted by molar-refractivity contribution is 7.93. The first-order valence-corrected chi connectivity index (χ1v) is 7.78. The molecule has 19 heavy (non-hydrogen) atoms. The number of rotatable bonds is 3. The van der Waals surface area contributed by atoms with E-state index in [1.54, 1.807) is 0 Å². The van der Waals surface area contributed by atoms with Crippen LogP contribution in [0.2, 0.25) is 8.67 Å². The Morgan fingerprint density at radius 3 is 2.21 bits per heavy atom. The molecule has 1 aromatic carbocycles. The SMILES string of the molecule is O=S(=O)(Nc1c(F)cccc1F)c1cc(Cl)sc1Cl. The standard InChI is InChI=1S/C10H5Cl2F2NO2S2/c11-8-4-7(10(12)18-8)19(16,17)15-9-5(13)2-1-3-6(9)14/h1-4,15H. The highest BCUT2D eigenvalue weighted by Crippen LogP contribution is 2.35. The molecule has 0 aliphatic rings. The van der Waals surface area contributed by atoms with Crippen LogP contribution in [0.25, 0.3) is 0 Å². The summed E-state index contributed by atoms with van der Waals surface area (Å²) >= 11 is 12.2. The zero-order chi connectivity index (χ0) is 14.2. The van der Waals surface area contributed by atoms with Crippen LogP contribution >= 0.6 is 34.5 Å². The molecule has 1 heterocycles. The Hall–Kier alpha value is -0.890. The molecule has 102 valence electrons. The number of thiophene rings is 1. The minimum atomic E-state index is -4.20. The third-order valence-corrected chi connectivity index (χ3v) is 5.22. The maximum absolute atomic E-state index is 13.4. The van der Waals surface area contributed by atoms with E-state index in [9.17, 15) is 17.2 Å². The number of benzene rings is 1. The van der Waals surface area contributed by atoms with Crippen LogP contribution in [0.4, 0.5) is 14.5 Å². The molecular formula is C10H5Cl2F2NO2S2. The Morgan fingerprint density at radius 1 is 1.16 bits per heavy atom. The Kier molecular flexibility index (Phi) is 4.00. The number of halogens is 4. The smallest absolute Gasteiger partial charge is 0.264 e. The summed E-state index contributed by atoms with van der Waals surface area (Å²) in [6.07, 6.45) is 0. The Labute approximate surface area is 121 Å². The zero-order valence-corrected chi connectivity index (χ0v) is 12.1. The van der Waals surface area contributed by atoms with Crippen molar-refractivity contribution in [2.24, 2.45) is 0 Å². The van der Waals surface area contributed by atoms with Gasteiger partial charge in [-0.1, -0.05) is 29.3 Å². The molecule has 2 rings (SSSR count). The van der Waals surface area contributed by atoms with Crippen molar-refractivity contribution in [3.05, 3.63) is 44.6 Å². The van der Waals surface area contributed by atoms with Crippen LogP contribution in [0, 0.1) is 11.6 Å². The van der Waals surface area contributed by atoms with Crippen LogP contribution < -0.4 is 4.72 Å². The van der Waals surface area contributed by atoms with Gasteiger partial charge in [0.15, 0.2) is 0 Å². The lowest BCUT2D eigenvalue weighted by atomic mass is 10.3. The van der Waals surface area contributed by atoms with E-state index in [0.29, 0.717) is 0 Å². The highest BCUT2D eigenvalue weighted by atomic mass is 35.5. The summed E-state index contributed by atoms with van der Waals surface area (Å²) in [5.74, 6) is -2.05. The van der Waals surface area contributed by atoms with Gasteiger partial charge in [-0.3, -0.25) is 4.72 Å². The molecule has 0 aliphatic carbocycles. The molecule has 9 heteroatoms. The first-order valence-electron chi connectivity index (χ1n) is 4.73. The molecule has 1 aromatic heterocycles. The molecule has 0 atom stereocenters. The molecular weight excluding hydrogens is 339 g/mol. The molecule has 0 spiro atoms. The lowest BCUT2D eigenvalue weighted by Crippen LogP contribution is -2.14. The maximum Gasteiger partial charge on any atom is 0.264 e. The predicted octanol–water partition coefficient (Wildman–Crippen LogP) is 4.13. The Bertz CT molecular complexity index is 711. The van der Waals surface area contributed by atoms with E-state index in [1.807, 2.05) is 4.72 Å². The Morgan fingerprint density at radius 2 is 1.74 bits per heavy atom. The number of hydrogen-bond donors (Lipinski definition) is 1. The van der Waals surface area contributed by atoms with Crippen LogP contribution in [0.1, 0.15) is 0 Å². The number of hydrogen-bond acceptors (Lipinski definition) is 3. The highest BCUT2D eigenvalue weighted by Gasteiger charge is 2.23. The van der Waals surface area contributed by atoms with Gasteiger partial charge in [-0.25, -0.2) is 17.2 Å². The molecule has 0 saturated heterocycles. The van der Waals surface area contributed by atoms with Gasteiger partial charge in [0.05, 0.1) is 4.34 Å². The van der Waals surface area contributed by atoms with Gasteiger partial charge in [0.25, 0.3) is 10.0 Å². The second-order valence-electron chi connectivity index (χ2n) is 3.39. The lowest BCUT2D eigenvalue weighted by Gasteiger charge is -2.08. The summed E-state index contributed by atoms with van der Waals surface area (Å²) < 4.78 is 52.6. The lowest BCUT2D eigenvalue weighted by molar-refractivity contribution is 0.583. The third-order valence-electron chi connectivity index (χ3n) is 2.11. The van der Waals surface area contributed by atoms with Crippen LogP contribution in [-0.4, -0.2) is 8.42 Å². The van der Waals surface area contributed by atoms with Crippen molar-refractivity contribution < 1.29 is 17.2 Å². The van der Waals surface area contributed by atoms with Crippen molar-refractivity contribution in [3.63, 3.8) is 0 Å². The van der Waals surface area contributed by atoms with Crippen molar-refractivity contribution in [3.8, 4) is 0 Å². The van der Waals surface area contributed by atoms with E-state index in [2.05, 4.69) is 0 Å². The second-order valence-corrected chi connectivity index (χ2v) is 7.33. The fourth-order valence-corrected chi connectivity index (χ4v) is 4.52. The van der Waals surface area contributed by atoms with Gasteiger partial charge in [-0.15, -0.1) is 11.3 Å². The van der Waals surface area contributed by atoms with Gasteiger partial charge in [0.2, 0.25) is 0 Å². The van der Waals surface area contributed by atoms with Gasteiger partial charge in [0, 0.05) is 0 Å². The van der Waals surface area contributed by atoms with Gasteiger partial charge in [-0.2, -0.15) is 0 Å². The molecule has 0 saturated carbocycles. The summed E-state index contributed by atoms with van der Waals surface area (Å²) in [4.78, 5) is -0.327. The fourth-order valence-electron chi connectivity index (χ4n) is 1.29. The topological polar surface area (TPSA) is 46.2 Å². The second kappa shape index (κ2) is 5.24. The quantitative estimate of drug-likeness (QED) is 0.910.